The second-order valence-electron chi connectivity index (χ2n) is 4.95. The number of hydrogen-bond donors (Lipinski definition) is 1. The first-order valence-corrected chi connectivity index (χ1v) is 6.61. The highest BCUT2D eigenvalue weighted by Gasteiger charge is 2.23. The lowest BCUT2D eigenvalue weighted by atomic mass is 10.3. The third-order valence-corrected chi connectivity index (χ3v) is 3.35. The van der Waals surface area contributed by atoms with Gasteiger partial charge in [0.2, 0.25) is 5.95 Å². The fraction of sp³-hybridized carbons (Fsp3) is 0.429. The minimum atomic E-state index is 0.415. The van der Waals surface area contributed by atoms with E-state index < -0.39 is 0 Å². The van der Waals surface area contributed by atoms with Crippen molar-refractivity contribution in [2.24, 2.45) is 0 Å². The first-order valence-electron chi connectivity index (χ1n) is 6.61. The summed E-state index contributed by atoms with van der Waals surface area (Å²) < 4.78 is 5.61. The van der Waals surface area contributed by atoms with E-state index in [0.29, 0.717) is 12.0 Å². The summed E-state index contributed by atoms with van der Waals surface area (Å²) in [7, 11) is 0. The SMILES string of the molecule is Cc1ccc(CN2CCC(Nc3ncccn3)C2)o1. The maximum atomic E-state index is 5.61. The first-order chi connectivity index (χ1) is 9.29. The molecule has 0 amide bonds. The Hall–Kier alpha value is -1.88. The molecule has 1 N–H and O–H groups in total. The van der Waals surface area contributed by atoms with Crippen molar-refractivity contribution in [3.05, 3.63) is 42.1 Å². The molecule has 1 atom stereocenters. The van der Waals surface area contributed by atoms with Crippen LogP contribution in [0.25, 0.3) is 0 Å². The normalized spacial score (nSPS) is 19.7. The molecule has 5 nitrogen and oxygen atoms in total. The van der Waals surface area contributed by atoms with E-state index in [-0.39, 0.29) is 0 Å². The summed E-state index contributed by atoms with van der Waals surface area (Å²) in [4.78, 5) is 10.8. The zero-order chi connectivity index (χ0) is 13.1. The fourth-order valence-electron chi connectivity index (χ4n) is 2.44. The van der Waals surface area contributed by atoms with Gasteiger partial charge in [-0.2, -0.15) is 0 Å². The van der Waals surface area contributed by atoms with Crippen LogP contribution in [0.1, 0.15) is 17.9 Å². The Morgan fingerprint density at radius 2 is 2.21 bits per heavy atom. The average Bonchev–Trinajstić information content (AvgIpc) is 3.01. The van der Waals surface area contributed by atoms with E-state index in [9.17, 15) is 0 Å². The van der Waals surface area contributed by atoms with Gasteiger partial charge in [0.1, 0.15) is 11.5 Å². The van der Waals surface area contributed by atoms with Crippen LogP contribution in [0.3, 0.4) is 0 Å². The second kappa shape index (κ2) is 5.40. The third kappa shape index (κ3) is 3.12. The molecule has 1 aliphatic rings. The predicted molar refractivity (Wildman–Crippen MR) is 72.8 cm³/mol. The summed E-state index contributed by atoms with van der Waals surface area (Å²) >= 11 is 0. The minimum Gasteiger partial charge on any atom is -0.465 e. The van der Waals surface area contributed by atoms with E-state index in [2.05, 4.69) is 26.3 Å². The Kier molecular flexibility index (Phi) is 3.46. The Bertz CT molecular complexity index is 525. The number of aryl methyl sites for hydroxylation is 1. The Balaban J connectivity index is 1.53. The number of anilines is 1. The first kappa shape index (κ1) is 12.2. The van der Waals surface area contributed by atoms with Crippen molar-refractivity contribution >= 4 is 5.95 Å². The van der Waals surface area contributed by atoms with Gasteiger partial charge in [0, 0.05) is 31.5 Å². The Labute approximate surface area is 112 Å². The average molecular weight is 258 g/mol. The van der Waals surface area contributed by atoms with Crippen LogP contribution in [0.15, 0.2) is 35.0 Å². The number of aromatic nitrogens is 2. The topological polar surface area (TPSA) is 54.2 Å². The molecular weight excluding hydrogens is 240 g/mol. The number of rotatable bonds is 4. The molecule has 5 heteroatoms. The van der Waals surface area contributed by atoms with Gasteiger partial charge >= 0.3 is 0 Å². The highest BCUT2D eigenvalue weighted by Crippen LogP contribution is 2.17. The zero-order valence-corrected chi connectivity index (χ0v) is 11.0. The molecule has 1 fully saturated rings. The van der Waals surface area contributed by atoms with Gasteiger partial charge in [-0.25, -0.2) is 9.97 Å². The monoisotopic (exact) mass is 258 g/mol. The molecule has 1 saturated heterocycles. The van der Waals surface area contributed by atoms with Crippen LogP contribution in [0.4, 0.5) is 5.95 Å². The van der Waals surface area contributed by atoms with Gasteiger partial charge in [-0.1, -0.05) is 0 Å². The van der Waals surface area contributed by atoms with Crippen molar-refractivity contribution in [3.63, 3.8) is 0 Å². The van der Waals surface area contributed by atoms with Crippen LogP contribution in [0.2, 0.25) is 0 Å². The molecule has 0 aromatic carbocycles. The van der Waals surface area contributed by atoms with Crippen molar-refractivity contribution < 1.29 is 4.42 Å². The van der Waals surface area contributed by atoms with Gasteiger partial charge < -0.3 is 9.73 Å². The van der Waals surface area contributed by atoms with Crippen molar-refractivity contribution in [1.82, 2.24) is 14.9 Å². The van der Waals surface area contributed by atoms with Crippen LogP contribution in [0.5, 0.6) is 0 Å². The van der Waals surface area contributed by atoms with Gasteiger partial charge in [-0.3, -0.25) is 4.90 Å². The molecule has 0 radical (unpaired) electrons. The lowest BCUT2D eigenvalue weighted by Gasteiger charge is -2.15. The van der Waals surface area contributed by atoms with Gasteiger partial charge in [0.15, 0.2) is 0 Å². The highest BCUT2D eigenvalue weighted by atomic mass is 16.3. The van der Waals surface area contributed by atoms with Gasteiger partial charge in [0.05, 0.1) is 6.54 Å². The predicted octanol–water partition coefficient (Wildman–Crippen LogP) is 2.06. The zero-order valence-electron chi connectivity index (χ0n) is 11.0. The molecule has 2 aromatic heterocycles. The molecule has 1 aliphatic heterocycles. The molecular formula is C14H18N4O. The molecule has 19 heavy (non-hydrogen) atoms. The van der Waals surface area contributed by atoms with Gasteiger partial charge in [0.25, 0.3) is 0 Å². The van der Waals surface area contributed by atoms with Crippen molar-refractivity contribution in [2.45, 2.75) is 25.9 Å². The smallest absolute Gasteiger partial charge is 0.222 e. The summed E-state index contributed by atoms with van der Waals surface area (Å²) in [5, 5.41) is 3.37. The van der Waals surface area contributed by atoms with Crippen molar-refractivity contribution in [2.75, 3.05) is 18.4 Å². The largest absolute Gasteiger partial charge is 0.465 e. The summed E-state index contributed by atoms with van der Waals surface area (Å²) in [6.45, 7) is 4.93. The molecule has 0 spiro atoms. The quantitative estimate of drug-likeness (QED) is 0.909. The lowest BCUT2D eigenvalue weighted by molar-refractivity contribution is 0.292. The molecule has 0 bridgehead atoms. The van der Waals surface area contributed by atoms with Gasteiger partial charge in [-0.15, -0.1) is 0 Å². The number of hydrogen-bond acceptors (Lipinski definition) is 5. The van der Waals surface area contributed by atoms with Crippen LogP contribution in [0, 0.1) is 6.92 Å². The van der Waals surface area contributed by atoms with E-state index in [1.54, 1.807) is 12.4 Å². The van der Waals surface area contributed by atoms with Crippen LogP contribution in [-0.4, -0.2) is 34.0 Å². The third-order valence-electron chi connectivity index (χ3n) is 3.35. The Morgan fingerprint density at radius 1 is 1.37 bits per heavy atom. The second-order valence-corrected chi connectivity index (χ2v) is 4.95. The van der Waals surface area contributed by atoms with Crippen LogP contribution >= 0.6 is 0 Å². The standard InChI is InChI=1S/C14H18N4O/c1-11-3-4-13(19-11)10-18-8-5-12(9-18)17-14-15-6-2-7-16-14/h2-4,6-7,12H,5,8-10H2,1H3,(H,15,16,17). The van der Waals surface area contributed by atoms with Crippen LogP contribution < -0.4 is 5.32 Å². The molecule has 3 rings (SSSR count). The number of nitrogens with zero attached hydrogens (tertiary/aromatic N) is 3. The summed E-state index contributed by atoms with van der Waals surface area (Å²) in [5.41, 5.74) is 0. The van der Waals surface area contributed by atoms with E-state index in [1.807, 2.05) is 19.1 Å². The number of likely N-dealkylation sites (tertiary alicyclic amines) is 1. The lowest BCUT2D eigenvalue weighted by Crippen LogP contribution is -2.26. The molecule has 0 saturated carbocycles. The maximum Gasteiger partial charge on any atom is 0.222 e. The van der Waals surface area contributed by atoms with Gasteiger partial charge in [-0.05, 0) is 31.5 Å². The van der Waals surface area contributed by atoms with E-state index in [0.717, 1.165) is 37.6 Å². The van der Waals surface area contributed by atoms with E-state index in [1.165, 1.54) is 0 Å². The minimum absolute atomic E-state index is 0.415. The van der Waals surface area contributed by atoms with Crippen molar-refractivity contribution in [3.8, 4) is 0 Å². The number of furan rings is 1. The van der Waals surface area contributed by atoms with Crippen LogP contribution in [-0.2, 0) is 6.54 Å². The van der Waals surface area contributed by atoms with Crippen molar-refractivity contribution in [1.29, 1.82) is 0 Å². The maximum absolute atomic E-state index is 5.61. The Morgan fingerprint density at radius 3 is 2.95 bits per heavy atom. The molecule has 2 aromatic rings. The fourth-order valence-corrected chi connectivity index (χ4v) is 2.44. The summed E-state index contributed by atoms with van der Waals surface area (Å²) in [6, 6.07) is 6.30. The summed E-state index contributed by atoms with van der Waals surface area (Å²) in [6.07, 6.45) is 4.62. The number of nitrogens with one attached hydrogen (secondary N) is 1. The molecule has 1 unspecified atom stereocenters. The highest BCUT2D eigenvalue weighted by molar-refractivity contribution is 5.25. The molecule has 0 aliphatic carbocycles. The summed E-state index contributed by atoms with van der Waals surface area (Å²) in [5.74, 6) is 2.72. The molecule has 100 valence electrons. The molecule has 3 heterocycles. The van der Waals surface area contributed by atoms with E-state index in [4.69, 9.17) is 4.42 Å². The van der Waals surface area contributed by atoms with E-state index >= 15 is 0 Å².